The molecule has 126 valence electrons. The van der Waals surface area contributed by atoms with E-state index in [0.29, 0.717) is 23.1 Å². The molecule has 1 amide bonds. The van der Waals surface area contributed by atoms with Crippen LogP contribution in [0.15, 0.2) is 27.8 Å². The number of nitrogens with one attached hydrogen (secondary N) is 3. The van der Waals surface area contributed by atoms with Crippen LogP contribution in [0.2, 0.25) is 0 Å². The van der Waals surface area contributed by atoms with Crippen LogP contribution in [0.4, 0.5) is 0 Å². The lowest BCUT2D eigenvalue weighted by molar-refractivity contribution is 0.0942. The highest BCUT2D eigenvalue weighted by molar-refractivity contribution is 5.97. The number of amides is 1. The van der Waals surface area contributed by atoms with Gasteiger partial charge in [-0.1, -0.05) is 13.8 Å². The van der Waals surface area contributed by atoms with Crippen LogP contribution < -0.4 is 22.2 Å². The summed E-state index contributed by atoms with van der Waals surface area (Å²) >= 11 is 0. The molecule has 2 rings (SSSR count). The summed E-state index contributed by atoms with van der Waals surface area (Å²) in [7, 11) is 0. The van der Waals surface area contributed by atoms with Gasteiger partial charge >= 0.3 is 11.1 Å². The van der Waals surface area contributed by atoms with Crippen LogP contribution in [-0.4, -0.2) is 28.0 Å². The van der Waals surface area contributed by atoms with E-state index in [9.17, 15) is 14.4 Å². The van der Waals surface area contributed by atoms with Crippen LogP contribution in [0.5, 0.6) is 0 Å². The van der Waals surface area contributed by atoms with Crippen LogP contribution >= 0.6 is 12.4 Å². The van der Waals surface area contributed by atoms with E-state index < -0.39 is 16.7 Å². The second kappa shape index (κ2) is 7.43. The molecule has 0 saturated carbocycles. The van der Waals surface area contributed by atoms with E-state index in [1.807, 2.05) is 13.8 Å². The number of halogens is 1. The Balaban J connectivity index is 0.00000264. The first-order valence-electron chi connectivity index (χ1n) is 7.22. The molecule has 0 spiro atoms. The Morgan fingerprint density at radius 3 is 2.26 bits per heavy atom. The summed E-state index contributed by atoms with van der Waals surface area (Å²) in [5.74, 6) is -0.273. The van der Waals surface area contributed by atoms with E-state index >= 15 is 0 Å². The van der Waals surface area contributed by atoms with Gasteiger partial charge in [0.1, 0.15) is 0 Å². The monoisotopic (exact) mass is 340 g/mol. The Morgan fingerprint density at radius 1 is 1.13 bits per heavy atom. The third-order valence-corrected chi connectivity index (χ3v) is 3.99. The van der Waals surface area contributed by atoms with Crippen molar-refractivity contribution >= 4 is 29.3 Å². The predicted octanol–water partition coefficient (Wildman–Crippen LogP) is 0.885. The molecule has 0 aliphatic heterocycles. The first-order valence-corrected chi connectivity index (χ1v) is 7.22. The molecule has 1 aromatic heterocycles. The lowest BCUT2D eigenvalue weighted by atomic mass is 9.94. The number of carbonyl (C=O) groups is 1. The summed E-state index contributed by atoms with van der Waals surface area (Å²) in [6.45, 7) is 4.33. The third kappa shape index (κ3) is 4.20. The SMILES string of the molecule is CCC(N)(CC)CNC(=O)c1ccc2[nH]c(=O)c(=O)[nH]c2c1.Cl. The molecule has 0 bridgehead atoms. The molecule has 1 aromatic carbocycles. The number of fused-ring (bicyclic) bond motifs is 1. The van der Waals surface area contributed by atoms with Gasteiger partial charge in [0.2, 0.25) is 0 Å². The van der Waals surface area contributed by atoms with Gasteiger partial charge in [-0.25, -0.2) is 0 Å². The third-order valence-electron chi connectivity index (χ3n) is 3.99. The van der Waals surface area contributed by atoms with E-state index in [1.165, 1.54) is 6.07 Å². The first-order chi connectivity index (χ1) is 10.4. The van der Waals surface area contributed by atoms with Gasteiger partial charge in [0, 0.05) is 17.6 Å². The zero-order chi connectivity index (χ0) is 16.3. The number of rotatable bonds is 5. The van der Waals surface area contributed by atoms with Gasteiger partial charge in [0.15, 0.2) is 0 Å². The number of carbonyl (C=O) groups excluding carboxylic acids is 1. The van der Waals surface area contributed by atoms with Crippen molar-refractivity contribution < 1.29 is 4.79 Å². The minimum Gasteiger partial charge on any atom is -0.350 e. The van der Waals surface area contributed by atoms with Crippen LogP contribution in [0.3, 0.4) is 0 Å². The van der Waals surface area contributed by atoms with Crippen LogP contribution in [0.1, 0.15) is 37.0 Å². The summed E-state index contributed by atoms with van der Waals surface area (Å²) in [5, 5.41) is 2.80. The van der Waals surface area contributed by atoms with Crippen LogP contribution in [0, 0.1) is 0 Å². The fraction of sp³-hybridized carbons (Fsp3) is 0.400. The lowest BCUT2D eigenvalue weighted by Crippen LogP contribution is -2.49. The fourth-order valence-corrected chi connectivity index (χ4v) is 2.11. The van der Waals surface area contributed by atoms with Crippen molar-refractivity contribution in [3.05, 3.63) is 44.5 Å². The van der Waals surface area contributed by atoms with Crippen molar-refractivity contribution in [1.82, 2.24) is 15.3 Å². The molecule has 23 heavy (non-hydrogen) atoms. The largest absolute Gasteiger partial charge is 0.350 e. The number of hydrogen-bond acceptors (Lipinski definition) is 4. The van der Waals surface area contributed by atoms with Crippen LogP contribution in [0.25, 0.3) is 11.0 Å². The Kier molecular flexibility index (Phi) is 6.12. The smallest absolute Gasteiger partial charge is 0.314 e. The van der Waals surface area contributed by atoms with Crippen molar-refractivity contribution in [2.45, 2.75) is 32.2 Å². The number of aromatic nitrogens is 2. The fourth-order valence-electron chi connectivity index (χ4n) is 2.11. The van der Waals surface area contributed by atoms with Gasteiger partial charge in [-0.05, 0) is 31.0 Å². The zero-order valence-corrected chi connectivity index (χ0v) is 13.9. The maximum absolute atomic E-state index is 12.2. The molecular weight excluding hydrogens is 320 g/mol. The lowest BCUT2D eigenvalue weighted by Gasteiger charge is -2.26. The van der Waals surface area contributed by atoms with Crippen molar-refractivity contribution in [1.29, 1.82) is 0 Å². The predicted molar refractivity (Wildman–Crippen MR) is 92.3 cm³/mol. The molecule has 0 aliphatic rings. The summed E-state index contributed by atoms with van der Waals surface area (Å²) in [6, 6.07) is 4.69. The topological polar surface area (TPSA) is 121 Å². The van der Waals surface area contributed by atoms with Gasteiger partial charge in [-0.3, -0.25) is 14.4 Å². The highest BCUT2D eigenvalue weighted by Crippen LogP contribution is 2.12. The molecule has 7 nitrogen and oxygen atoms in total. The molecule has 5 N–H and O–H groups in total. The second-order valence-electron chi connectivity index (χ2n) is 5.42. The number of hydrogen-bond donors (Lipinski definition) is 4. The number of nitrogens with two attached hydrogens (primary N) is 1. The molecular formula is C15H21ClN4O3. The van der Waals surface area contributed by atoms with Gasteiger partial charge in [-0.15, -0.1) is 12.4 Å². The summed E-state index contributed by atoms with van der Waals surface area (Å²) in [4.78, 5) is 39.7. The molecule has 2 aromatic rings. The van der Waals surface area contributed by atoms with E-state index in [1.54, 1.807) is 12.1 Å². The van der Waals surface area contributed by atoms with E-state index in [0.717, 1.165) is 12.8 Å². The molecule has 8 heteroatoms. The summed E-state index contributed by atoms with van der Waals surface area (Å²) < 4.78 is 0. The average Bonchev–Trinajstić information content (AvgIpc) is 2.53. The Morgan fingerprint density at radius 2 is 1.70 bits per heavy atom. The standard InChI is InChI=1S/C15H20N4O3.ClH/c1-3-15(16,4-2)8-17-12(20)9-5-6-10-11(7-9)19-14(22)13(21)18-10;/h5-7H,3-4,8,16H2,1-2H3,(H,17,20)(H,18,21)(H,19,22);1H. The van der Waals surface area contributed by atoms with Gasteiger partial charge < -0.3 is 21.0 Å². The van der Waals surface area contributed by atoms with Gasteiger partial charge in [-0.2, -0.15) is 0 Å². The highest BCUT2D eigenvalue weighted by Gasteiger charge is 2.21. The first kappa shape index (κ1) is 18.9. The normalized spacial score (nSPS) is 11.1. The highest BCUT2D eigenvalue weighted by atomic mass is 35.5. The van der Waals surface area contributed by atoms with Crippen molar-refractivity contribution in [2.24, 2.45) is 5.73 Å². The molecule has 0 atom stereocenters. The molecule has 0 saturated heterocycles. The van der Waals surface area contributed by atoms with E-state index in [4.69, 9.17) is 5.73 Å². The molecule has 0 aliphatic carbocycles. The van der Waals surface area contributed by atoms with E-state index in [-0.39, 0.29) is 18.3 Å². The Labute approximate surface area is 139 Å². The quantitative estimate of drug-likeness (QED) is 0.604. The van der Waals surface area contributed by atoms with Crippen molar-refractivity contribution in [2.75, 3.05) is 6.54 Å². The van der Waals surface area contributed by atoms with Crippen molar-refractivity contribution in [3.63, 3.8) is 0 Å². The zero-order valence-electron chi connectivity index (χ0n) is 13.1. The van der Waals surface area contributed by atoms with Gasteiger partial charge in [0.05, 0.1) is 11.0 Å². The van der Waals surface area contributed by atoms with E-state index in [2.05, 4.69) is 15.3 Å². The Hall–Kier alpha value is -2.12. The van der Waals surface area contributed by atoms with Crippen molar-refractivity contribution in [3.8, 4) is 0 Å². The molecule has 0 unspecified atom stereocenters. The minimum atomic E-state index is -0.747. The molecule has 0 fully saturated rings. The Bertz CT molecular complexity index is 808. The number of benzene rings is 1. The average molecular weight is 341 g/mol. The minimum absolute atomic E-state index is 0. The summed E-state index contributed by atoms with van der Waals surface area (Å²) in [6.07, 6.45) is 1.52. The second-order valence-corrected chi connectivity index (χ2v) is 5.42. The maximum Gasteiger partial charge on any atom is 0.314 e. The molecule has 0 radical (unpaired) electrons. The molecule has 1 heterocycles. The van der Waals surface area contributed by atoms with Crippen LogP contribution in [-0.2, 0) is 0 Å². The van der Waals surface area contributed by atoms with Gasteiger partial charge in [0.25, 0.3) is 5.91 Å². The number of aromatic amines is 2. The summed E-state index contributed by atoms with van der Waals surface area (Å²) in [5.41, 5.74) is 5.52. The maximum atomic E-state index is 12.2. The number of H-pyrrole nitrogens is 2.